The maximum absolute atomic E-state index is 11.2. The molecule has 194 valence electrons. The van der Waals surface area contributed by atoms with Crippen molar-refractivity contribution in [2.45, 2.75) is 47.7 Å². The predicted octanol–water partition coefficient (Wildman–Crippen LogP) is 4.60. The summed E-state index contributed by atoms with van der Waals surface area (Å²) in [5.41, 5.74) is 15.9. The summed E-state index contributed by atoms with van der Waals surface area (Å²) in [5.74, 6) is -0.562. The molecule has 2 rings (SSSR count). The van der Waals surface area contributed by atoms with Crippen LogP contribution in [0, 0.1) is 13.8 Å². The Kier molecular flexibility index (Phi) is 17.9. The number of hydrogen-bond donors (Lipinski definition) is 3. The Morgan fingerprint density at radius 3 is 1.77 bits per heavy atom. The lowest BCUT2D eigenvalue weighted by atomic mass is 9.58. The Morgan fingerprint density at radius 2 is 1.37 bits per heavy atom. The summed E-state index contributed by atoms with van der Waals surface area (Å²) in [6.07, 6.45) is -0.364. The molecule has 0 aliphatic rings. The van der Waals surface area contributed by atoms with Crippen LogP contribution >= 0.6 is 0 Å². The molecule has 5 N–H and O–H groups in total. The Hall–Kier alpha value is -3.69. The third kappa shape index (κ3) is 18.4. The molecule has 1 amide bonds. The number of nitrogens with two attached hydrogens (primary N) is 2. The van der Waals surface area contributed by atoms with E-state index in [1.807, 2.05) is 32.0 Å². The summed E-state index contributed by atoms with van der Waals surface area (Å²) in [5, 5.41) is 2.54. The smallest absolute Gasteiger partial charge is 0.411 e. The molecule has 2 aromatic rings. The monoisotopic (exact) mass is 489 g/mol. The number of carbonyl (C=O) groups excluding carboxylic acids is 3. The molecule has 0 radical (unpaired) electrons. The molecule has 0 atom stereocenters. The van der Waals surface area contributed by atoms with E-state index < -0.39 is 6.09 Å². The number of anilines is 3. The van der Waals surface area contributed by atoms with E-state index in [1.54, 1.807) is 18.2 Å². The molecule has 0 saturated heterocycles. The fraction of sp³-hybridized carbons (Fsp3) is 0.400. The number of nitrogens with one attached hydrogen (secondary N) is 1. The number of esters is 2. The third-order valence-electron chi connectivity index (χ3n) is 3.93. The second-order valence-electron chi connectivity index (χ2n) is 8.05. The normalized spacial score (nSPS) is 8.83. The highest BCUT2D eigenvalue weighted by Crippen LogP contribution is 2.16. The number of ether oxygens (including phenoxy) is 3. The summed E-state index contributed by atoms with van der Waals surface area (Å²) in [7, 11) is 3.98. The van der Waals surface area contributed by atoms with Gasteiger partial charge in [-0.05, 0) is 54.8 Å². The highest BCUT2D eigenvalue weighted by molar-refractivity contribution is 6.54. The van der Waals surface area contributed by atoms with Gasteiger partial charge < -0.3 is 25.7 Å². The van der Waals surface area contributed by atoms with Gasteiger partial charge in [0.2, 0.25) is 0 Å². The fourth-order valence-corrected chi connectivity index (χ4v) is 2.00. The van der Waals surface area contributed by atoms with Gasteiger partial charge in [0.25, 0.3) is 0 Å². The standard InChI is InChI=1S/C12H15NO4.C7H10N2.C3H9B.C3H6O2/c1-8-4-5-10(13-12(15)17-3)6-9(8)7-11(14)16-2;1-5-2-3-6(8)4-7(5)9;1-4(2)3;1-3(4)5-2/h4-6H,7H2,1-3H3,(H,13,15);2-4H,8-9H2,1H3;1-3H3;1-2H3. The zero-order valence-electron chi connectivity index (χ0n) is 22.4. The van der Waals surface area contributed by atoms with E-state index in [1.165, 1.54) is 28.3 Å². The van der Waals surface area contributed by atoms with Crippen molar-refractivity contribution < 1.29 is 28.6 Å². The molecule has 0 heterocycles. The first kappa shape index (κ1) is 33.5. The molecule has 0 spiro atoms. The molecule has 0 unspecified atom stereocenters. The first-order valence-electron chi connectivity index (χ1n) is 10.9. The SMILES string of the molecule is CB(C)C.COC(=O)Cc1cc(NC(=O)OC)ccc1C.COC(C)=O.Cc1ccc(N)cc1N. The third-order valence-corrected chi connectivity index (χ3v) is 3.93. The highest BCUT2D eigenvalue weighted by Gasteiger charge is 2.08. The topological polar surface area (TPSA) is 143 Å². The zero-order valence-corrected chi connectivity index (χ0v) is 22.4. The molecule has 0 aliphatic heterocycles. The lowest BCUT2D eigenvalue weighted by molar-refractivity contribution is -0.140. The highest BCUT2D eigenvalue weighted by atomic mass is 16.5. The number of carbonyl (C=O) groups is 3. The van der Waals surface area contributed by atoms with Gasteiger partial charge in [0, 0.05) is 24.0 Å². The van der Waals surface area contributed by atoms with Crippen LogP contribution in [0.4, 0.5) is 21.9 Å². The number of methoxy groups -OCH3 is 3. The van der Waals surface area contributed by atoms with Crippen molar-refractivity contribution in [1.82, 2.24) is 0 Å². The van der Waals surface area contributed by atoms with E-state index in [9.17, 15) is 14.4 Å². The molecular weight excluding hydrogens is 449 g/mol. The summed E-state index contributed by atoms with van der Waals surface area (Å²) >= 11 is 0. The van der Waals surface area contributed by atoms with Crippen LogP contribution in [0.25, 0.3) is 0 Å². The fourth-order valence-electron chi connectivity index (χ4n) is 2.00. The minimum atomic E-state index is -0.544. The van der Waals surface area contributed by atoms with Gasteiger partial charge in [-0.2, -0.15) is 0 Å². The van der Waals surface area contributed by atoms with Crippen molar-refractivity contribution in [2.75, 3.05) is 38.1 Å². The number of rotatable bonds is 3. The van der Waals surface area contributed by atoms with Crippen LogP contribution in [0.3, 0.4) is 0 Å². The average Bonchev–Trinajstić information content (AvgIpc) is 2.79. The zero-order chi connectivity index (χ0) is 27.6. The Bertz CT molecular complexity index is 933. The minimum Gasteiger partial charge on any atom is -0.469 e. The van der Waals surface area contributed by atoms with Gasteiger partial charge in [0.1, 0.15) is 6.71 Å². The van der Waals surface area contributed by atoms with Gasteiger partial charge in [-0.25, -0.2) is 4.79 Å². The van der Waals surface area contributed by atoms with Crippen molar-refractivity contribution in [1.29, 1.82) is 0 Å². The van der Waals surface area contributed by atoms with Crippen LogP contribution in [0.1, 0.15) is 23.6 Å². The number of aryl methyl sites for hydroxylation is 2. The second kappa shape index (κ2) is 18.7. The van der Waals surface area contributed by atoms with Crippen LogP contribution < -0.4 is 16.8 Å². The van der Waals surface area contributed by atoms with Gasteiger partial charge in [-0.1, -0.05) is 32.6 Å². The Labute approximate surface area is 209 Å². The van der Waals surface area contributed by atoms with E-state index in [0.717, 1.165) is 34.8 Å². The second-order valence-corrected chi connectivity index (χ2v) is 8.05. The number of benzene rings is 2. The summed E-state index contributed by atoms with van der Waals surface area (Å²) in [6, 6.07) is 10.8. The van der Waals surface area contributed by atoms with Crippen LogP contribution in [0.2, 0.25) is 20.5 Å². The van der Waals surface area contributed by atoms with Crippen molar-refractivity contribution >= 4 is 41.8 Å². The minimum absolute atomic E-state index is 0.180. The van der Waals surface area contributed by atoms with E-state index in [-0.39, 0.29) is 18.4 Å². The first-order valence-corrected chi connectivity index (χ1v) is 10.9. The van der Waals surface area contributed by atoms with Crippen molar-refractivity contribution in [3.05, 3.63) is 53.1 Å². The summed E-state index contributed by atoms with van der Waals surface area (Å²) < 4.78 is 13.2. The first-order chi connectivity index (χ1) is 16.3. The molecule has 0 saturated carbocycles. The maximum atomic E-state index is 11.2. The molecule has 10 heteroatoms. The number of nitrogen functional groups attached to an aromatic ring is 2. The van der Waals surface area contributed by atoms with Crippen molar-refractivity contribution in [3.63, 3.8) is 0 Å². The van der Waals surface area contributed by atoms with Crippen LogP contribution in [0.5, 0.6) is 0 Å². The quantitative estimate of drug-likeness (QED) is 0.246. The van der Waals surface area contributed by atoms with Crippen LogP contribution in [-0.4, -0.2) is 46.1 Å². The van der Waals surface area contributed by atoms with E-state index in [2.05, 4.69) is 40.0 Å². The van der Waals surface area contributed by atoms with Crippen molar-refractivity contribution in [3.8, 4) is 0 Å². The lowest BCUT2D eigenvalue weighted by Gasteiger charge is -2.08. The predicted molar refractivity (Wildman–Crippen MR) is 144 cm³/mol. The van der Waals surface area contributed by atoms with Gasteiger partial charge in [-0.15, -0.1) is 0 Å². The lowest BCUT2D eigenvalue weighted by Crippen LogP contribution is -2.12. The Balaban J connectivity index is 0. The molecular formula is C25H40BN3O6. The molecule has 0 aromatic heterocycles. The van der Waals surface area contributed by atoms with Gasteiger partial charge in [0.05, 0.1) is 27.8 Å². The van der Waals surface area contributed by atoms with Gasteiger partial charge in [0.15, 0.2) is 0 Å². The molecule has 35 heavy (non-hydrogen) atoms. The number of amides is 1. The van der Waals surface area contributed by atoms with Gasteiger partial charge in [-0.3, -0.25) is 14.9 Å². The molecule has 0 fully saturated rings. The summed E-state index contributed by atoms with van der Waals surface area (Å²) in [4.78, 5) is 31.8. The summed E-state index contributed by atoms with van der Waals surface area (Å²) in [6.45, 7) is 12.5. The van der Waals surface area contributed by atoms with E-state index in [0.29, 0.717) is 5.69 Å². The molecule has 0 bridgehead atoms. The molecule has 2 aromatic carbocycles. The van der Waals surface area contributed by atoms with Crippen LogP contribution in [0.15, 0.2) is 36.4 Å². The molecule has 9 nitrogen and oxygen atoms in total. The molecule has 0 aliphatic carbocycles. The van der Waals surface area contributed by atoms with Crippen molar-refractivity contribution in [2.24, 2.45) is 0 Å². The average molecular weight is 489 g/mol. The van der Waals surface area contributed by atoms with E-state index in [4.69, 9.17) is 11.5 Å². The maximum Gasteiger partial charge on any atom is 0.411 e. The Morgan fingerprint density at radius 1 is 0.857 bits per heavy atom. The largest absolute Gasteiger partial charge is 0.469 e. The number of hydrogen-bond acceptors (Lipinski definition) is 8. The van der Waals surface area contributed by atoms with Gasteiger partial charge >= 0.3 is 18.0 Å². The van der Waals surface area contributed by atoms with E-state index >= 15 is 0 Å². The van der Waals surface area contributed by atoms with Crippen LogP contribution in [-0.2, 0) is 30.2 Å².